The average molecular weight is 318 g/mol. The number of hydrogen-bond acceptors (Lipinski definition) is 5. The summed E-state index contributed by atoms with van der Waals surface area (Å²) in [4.78, 5) is 16.6. The predicted molar refractivity (Wildman–Crippen MR) is 82.8 cm³/mol. The number of rotatable bonds is 3. The quantitative estimate of drug-likeness (QED) is 0.742. The summed E-state index contributed by atoms with van der Waals surface area (Å²) in [6, 6.07) is 9.96. The van der Waals surface area contributed by atoms with Crippen LogP contribution in [0.5, 0.6) is 11.5 Å². The molecule has 112 valence electrons. The van der Waals surface area contributed by atoms with Gasteiger partial charge >= 0.3 is 0 Å². The van der Waals surface area contributed by atoms with Gasteiger partial charge in [-0.2, -0.15) is 9.61 Å². The maximum Gasteiger partial charge on any atom is 0.275 e. The minimum Gasteiger partial charge on any atom is -0.493 e. The molecule has 3 rings (SSSR count). The van der Waals surface area contributed by atoms with Crippen LogP contribution >= 0.6 is 11.6 Å². The number of nitrogens with zero attached hydrogens (tertiary/aromatic N) is 3. The van der Waals surface area contributed by atoms with Crippen molar-refractivity contribution in [3.8, 4) is 22.8 Å². The fraction of sp³-hybridized carbons (Fsp3) is 0.133. The third-order valence-corrected chi connectivity index (χ3v) is 3.37. The van der Waals surface area contributed by atoms with E-state index in [0.29, 0.717) is 22.8 Å². The zero-order chi connectivity index (χ0) is 15.7. The van der Waals surface area contributed by atoms with Crippen molar-refractivity contribution in [2.45, 2.75) is 0 Å². The van der Waals surface area contributed by atoms with Gasteiger partial charge in [0.05, 0.1) is 19.9 Å². The number of benzene rings is 1. The van der Waals surface area contributed by atoms with Crippen molar-refractivity contribution in [3.05, 3.63) is 51.9 Å². The van der Waals surface area contributed by atoms with Gasteiger partial charge in [0, 0.05) is 11.6 Å². The molecule has 0 atom stereocenters. The van der Waals surface area contributed by atoms with Crippen LogP contribution in [0.4, 0.5) is 0 Å². The fourth-order valence-corrected chi connectivity index (χ4v) is 2.26. The molecule has 6 nitrogen and oxygen atoms in total. The number of hydrogen-bond donors (Lipinski definition) is 0. The average Bonchev–Trinajstić information content (AvgIpc) is 2.54. The Balaban J connectivity index is 2.18. The molecule has 0 bridgehead atoms. The maximum atomic E-state index is 12.1. The molecule has 0 radical (unpaired) electrons. The molecule has 22 heavy (non-hydrogen) atoms. The number of halogens is 1. The van der Waals surface area contributed by atoms with Crippen molar-refractivity contribution in [3.63, 3.8) is 0 Å². The van der Waals surface area contributed by atoms with Crippen LogP contribution in [0.15, 0.2) is 41.2 Å². The zero-order valence-electron chi connectivity index (χ0n) is 11.9. The van der Waals surface area contributed by atoms with E-state index in [4.69, 9.17) is 21.1 Å². The van der Waals surface area contributed by atoms with Crippen LogP contribution in [-0.4, -0.2) is 28.8 Å². The van der Waals surface area contributed by atoms with Crippen LogP contribution in [0.2, 0.25) is 5.15 Å². The third-order valence-electron chi connectivity index (χ3n) is 3.17. The Labute approximate surface area is 130 Å². The van der Waals surface area contributed by atoms with Crippen molar-refractivity contribution >= 4 is 17.2 Å². The Morgan fingerprint density at radius 1 is 1.05 bits per heavy atom. The van der Waals surface area contributed by atoms with Crippen LogP contribution in [0.1, 0.15) is 0 Å². The van der Waals surface area contributed by atoms with Gasteiger partial charge in [-0.3, -0.25) is 4.79 Å². The van der Waals surface area contributed by atoms with Gasteiger partial charge in [-0.1, -0.05) is 11.6 Å². The maximum absolute atomic E-state index is 12.1. The summed E-state index contributed by atoms with van der Waals surface area (Å²) in [5.41, 5.74) is 1.38. The molecule has 0 fully saturated rings. The lowest BCUT2D eigenvalue weighted by atomic mass is 10.1. The van der Waals surface area contributed by atoms with Crippen molar-refractivity contribution in [2.24, 2.45) is 0 Å². The molecule has 0 saturated carbocycles. The molecule has 2 aromatic heterocycles. The molecule has 7 heteroatoms. The van der Waals surface area contributed by atoms with E-state index in [1.165, 1.54) is 6.07 Å². The topological polar surface area (TPSA) is 65.7 Å². The SMILES string of the molecule is COc1ccc(-c2cc(=O)n3nc(Cl)ccc3n2)cc1OC. The van der Waals surface area contributed by atoms with Gasteiger partial charge in [0.25, 0.3) is 5.56 Å². The predicted octanol–water partition coefficient (Wildman–Crippen LogP) is 2.43. The van der Waals surface area contributed by atoms with Crippen LogP contribution in [0.3, 0.4) is 0 Å². The highest BCUT2D eigenvalue weighted by Gasteiger charge is 2.10. The number of aromatic nitrogens is 3. The van der Waals surface area contributed by atoms with Gasteiger partial charge in [-0.05, 0) is 30.3 Å². The van der Waals surface area contributed by atoms with Crippen molar-refractivity contribution in [2.75, 3.05) is 14.2 Å². The second-order valence-corrected chi connectivity index (χ2v) is 4.86. The summed E-state index contributed by atoms with van der Waals surface area (Å²) in [5.74, 6) is 1.17. The lowest BCUT2D eigenvalue weighted by Crippen LogP contribution is -2.17. The molecule has 0 N–H and O–H groups in total. The van der Waals surface area contributed by atoms with E-state index in [1.807, 2.05) is 6.07 Å². The highest BCUT2D eigenvalue weighted by Crippen LogP contribution is 2.31. The third kappa shape index (κ3) is 2.48. The summed E-state index contributed by atoms with van der Waals surface area (Å²) in [6.45, 7) is 0. The Bertz CT molecular complexity index is 908. The minimum atomic E-state index is -0.308. The first-order valence-corrected chi connectivity index (χ1v) is 6.79. The van der Waals surface area contributed by atoms with Gasteiger partial charge < -0.3 is 9.47 Å². The zero-order valence-corrected chi connectivity index (χ0v) is 12.7. The smallest absolute Gasteiger partial charge is 0.275 e. The molecule has 0 aliphatic heterocycles. The van der Waals surface area contributed by atoms with Crippen LogP contribution in [0, 0.1) is 0 Å². The van der Waals surface area contributed by atoms with Crippen LogP contribution in [-0.2, 0) is 0 Å². The van der Waals surface area contributed by atoms with Gasteiger partial charge in [0.2, 0.25) is 0 Å². The highest BCUT2D eigenvalue weighted by molar-refractivity contribution is 6.29. The summed E-state index contributed by atoms with van der Waals surface area (Å²) < 4.78 is 11.6. The monoisotopic (exact) mass is 317 g/mol. The lowest BCUT2D eigenvalue weighted by Gasteiger charge is -2.09. The van der Waals surface area contributed by atoms with E-state index < -0.39 is 0 Å². The van der Waals surface area contributed by atoms with Gasteiger partial charge in [0.1, 0.15) is 5.15 Å². The molecule has 0 saturated heterocycles. The van der Waals surface area contributed by atoms with E-state index in [-0.39, 0.29) is 10.7 Å². The highest BCUT2D eigenvalue weighted by atomic mass is 35.5. The summed E-state index contributed by atoms with van der Waals surface area (Å²) in [5, 5.41) is 4.17. The first-order chi connectivity index (χ1) is 10.6. The van der Waals surface area contributed by atoms with E-state index >= 15 is 0 Å². The number of methoxy groups -OCH3 is 2. The second kappa shape index (κ2) is 5.65. The first-order valence-electron chi connectivity index (χ1n) is 6.41. The van der Waals surface area contributed by atoms with Crippen molar-refractivity contribution < 1.29 is 9.47 Å². The Kier molecular flexibility index (Phi) is 3.68. The minimum absolute atomic E-state index is 0.232. The summed E-state index contributed by atoms with van der Waals surface area (Å²) >= 11 is 5.79. The Morgan fingerprint density at radius 2 is 1.82 bits per heavy atom. The van der Waals surface area contributed by atoms with Gasteiger partial charge in [-0.15, -0.1) is 0 Å². The molecule has 0 aliphatic carbocycles. The van der Waals surface area contributed by atoms with Crippen molar-refractivity contribution in [1.29, 1.82) is 0 Å². The standard InChI is InChI=1S/C15H12ClN3O3/c1-21-11-4-3-9(7-12(11)22-2)10-8-15(20)19-14(17-10)6-5-13(16)18-19/h3-8H,1-2H3. The lowest BCUT2D eigenvalue weighted by molar-refractivity contribution is 0.355. The molecule has 0 spiro atoms. The molecule has 2 heterocycles. The van der Waals surface area contributed by atoms with Crippen LogP contribution < -0.4 is 15.0 Å². The number of fused-ring (bicyclic) bond motifs is 1. The first kappa shape index (κ1) is 14.3. The Hall–Kier alpha value is -2.60. The molecule has 3 aromatic rings. The largest absolute Gasteiger partial charge is 0.493 e. The molecular weight excluding hydrogens is 306 g/mol. The fourth-order valence-electron chi connectivity index (χ4n) is 2.12. The van der Waals surface area contributed by atoms with E-state index in [0.717, 1.165) is 10.1 Å². The molecule has 0 aliphatic rings. The molecule has 0 unspecified atom stereocenters. The van der Waals surface area contributed by atoms with E-state index in [9.17, 15) is 4.79 Å². The Morgan fingerprint density at radius 3 is 2.55 bits per heavy atom. The molecule has 1 aromatic carbocycles. The summed E-state index contributed by atoms with van der Waals surface area (Å²) in [7, 11) is 3.11. The second-order valence-electron chi connectivity index (χ2n) is 4.48. The number of ether oxygens (including phenoxy) is 2. The molecular formula is C15H12ClN3O3. The summed E-state index contributed by atoms with van der Waals surface area (Å²) in [6.07, 6.45) is 0. The van der Waals surface area contributed by atoms with E-state index in [1.54, 1.807) is 38.5 Å². The van der Waals surface area contributed by atoms with Crippen molar-refractivity contribution in [1.82, 2.24) is 14.6 Å². The normalized spacial score (nSPS) is 10.7. The van der Waals surface area contributed by atoms with Gasteiger partial charge in [-0.25, -0.2) is 4.98 Å². The van der Waals surface area contributed by atoms with Gasteiger partial charge in [0.15, 0.2) is 17.1 Å². The van der Waals surface area contributed by atoms with E-state index in [2.05, 4.69) is 10.1 Å². The van der Waals surface area contributed by atoms with Crippen LogP contribution in [0.25, 0.3) is 16.9 Å². The molecule has 0 amide bonds.